The van der Waals surface area contributed by atoms with Crippen LogP contribution in [0.2, 0.25) is 0 Å². The van der Waals surface area contributed by atoms with E-state index >= 15 is 0 Å². The molecule has 0 bridgehead atoms. The topological polar surface area (TPSA) is 66.5 Å². The van der Waals surface area contributed by atoms with Gasteiger partial charge in [0.1, 0.15) is 0 Å². The molecule has 20 heavy (non-hydrogen) atoms. The number of rotatable bonds is 8. The SMILES string of the molecule is CCCCN(CCNS(=O)(=O)c1ccccc1)C(C)=O. The van der Waals surface area contributed by atoms with E-state index in [1.54, 1.807) is 35.2 Å². The van der Waals surface area contributed by atoms with Crippen molar-refractivity contribution in [2.24, 2.45) is 0 Å². The van der Waals surface area contributed by atoms with E-state index in [-0.39, 0.29) is 17.3 Å². The predicted molar refractivity (Wildman–Crippen MR) is 78.8 cm³/mol. The minimum Gasteiger partial charge on any atom is -0.342 e. The maximum Gasteiger partial charge on any atom is 0.240 e. The van der Waals surface area contributed by atoms with Crippen molar-refractivity contribution in [3.05, 3.63) is 30.3 Å². The van der Waals surface area contributed by atoms with Gasteiger partial charge >= 0.3 is 0 Å². The molecule has 0 fully saturated rings. The van der Waals surface area contributed by atoms with Gasteiger partial charge in [-0.05, 0) is 18.6 Å². The standard InChI is InChI=1S/C14H22N2O3S/c1-3-4-11-16(13(2)17)12-10-15-20(18,19)14-8-6-5-7-9-14/h5-9,15H,3-4,10-12H2,1-2H3. The van der Waals surface area contributed by atoms with Gasteiger partial charge in [-0.25, -0.2) is 13.1 Å². The van der Waals surface area contributed by atoms with Crippen molar-refractivity contribution in [3.8, 4) is 0 Å². The van der Waals surface area contributed by atoms with Crippen LogP contribution in [-0.2, 0) is 14.8 Å². The molecule has 0 atom stereocenters. The van der Waals surface area contributed by atoms with Crippen molar-refractivity contribution in [3.63, 3.8) is 0 Å². The molecule has 0 aromatic heterocycles. The Hall–Kier alpha value is -1.40. The Balaban J connectivity index is 2.52. The monoisotopic (exact) mass is 298 g/mol. The van der Waals surface area contributed by atoms with Gasteiger partial charge in [-0.3, -0.25) is 4.79 Å². The largest absolute Gasteiger partial charge is 0.342 e. The Morgan fingerprint density at radius 2 is 1.85 bits per heavy atom. The first-order chi connectivity index (χ1) is 9.47. The summed E-state index contributed by atoms with van der Waals surface area (Å²) in [6.45, 7) is 4.83. The predicted octanol–water partition coefficient (Wildman–Crippen LogP) is 1.61. The second kappa shape index (κ2) is 8.01. The summed E-state index contributed by atoms with van der Waals surface area (Å²) in [4.78, 5) is 13.3. The molecule has 6 heteroatoms. The molecule has 1 aromatic rings. The van der Waals surface area contributed by atoms with Gasteiger partial charge in [0.05, 0.1) is 4.90 Å². The van der Waals surface area contributed by atoms with Gasteiger partial charge in [-0.15, -0.1) is 0 Å². The van der Waals surface area contributed by atoms with Gasteiger partial charge in [0.2, 0.25) is 15.9 Å². The quantitative estimate of drug-likeness (QED) is 0.793. The fourth-order valence-corrected chi connectivity index (χ4v) is 2.82. The number of benzene rings is 1. The molecule has 0 spiro atoms. The molecule has 0 radical (unpaired) electrons. The molecule has 0 unspecified atom stereocenters. The van der Waals surface area contributed by atoms with Crippen molar-refractivity contribution in [2.75, 3.05) is 19.6 Å². The van der Waals surface area contributed by atoms with E-state index in [1.807, 2.05) is 0 Å². The molecule has 0 aliphatic heterocycles. The first-order valence-electron chi connectivity index (χ1n) is 6.77. The van der Waals surface area contributed by atoms with E-state index in [2.05, 4.69) is 11.6 Å². The molecule has 0 saturated heterocycles. The highest BCUT2D eigenvalue weighted by Gasteiger charge is 2.14. The van der Waals surface area contributed by atoms with Crippen molar-refractivity contribution >= 4 is 15.9 Å². The molecule has 1 N–H and O–H groups in total. The summed E-state index contributed by atoms with van der Waals surface area (Å²) in [5.74, 6) is -0.0302. The van der Waals surface area contributed by atoms with Gasteiger partial charge in [0.15, 0.2) is 0 Å². The molecule has 1 aromatic carbocycles. The highest BCUT2D eigenvalue weighted by Crippen LogP contribution is 2.06. The normalized spacial score (nSPS) is 11.3. The van der Waals surface area contributed by atoms with Gasteiger partial charge in [0.25, 0.3) is 0 Å². The van der Waals surface area contributed by atoms with E-state index in [9.17, 15) is 13.2 Å². The van der Waals surface area contributed by atoms with Crippen molar-refractivity contribution < 1.29 is 13.2 Å². The number of amides is 1. The van der Waals surface area contributed by atoms with Crippen LogP contribution in [0, 0.1) is 0 Å². The lowest BCUT2D eigenvalue weighted by molar-refractivity contribution is -0.128. The van der Waals surface area contributed by atoms with Gasteiger partial charge in [0, 0.05) is 26.6 Å². The Kier molecular flexibility index (Phi) is 6.67. The molecular formula is C14H22N2O3S. The Labute approximate surface area is 121 Å². The lowest BCUT2D eigenvalue weighted by Crippen LogP contribution is -2.38. The molecule has 0 heterocycles. The summed E-state index contributed by atoms with van der Waals surface area (Å²) < 4.78 is 26.5. The van der Waals surface area contributed by atoms with Gasteiger partial charge < -0.3 is 4.90 Å². The number of hydrogen-bond acceptors (Lipinski definition) is 3. The highest BCUT2D eigenvalue weighted by atomic mass is 32.2. The van der Waals surface area contributed by atoms with Gasteiger partial charge in [-0.1, -0.05) is 31.5 Å². The number of hydrogen-bond donors (Lipinski definition) is 1. The average Bonchev–Trinajstić information content (AvgIpc) is 2.43. The van der Waals surface area contributed by atoms with Crippen LogP contribution in [0.1, 0.15) is 26.7 Å². The van der Waals surface area contributed by atoms with E-state index in [0.717, 1.165) is 12.8 Å². The van der Waals surface area contributed by atoms with Gasteiger partial charge in [-0.2, -0.15) is 0 Å². The third-order valence-electron chi connectivity index (χ3n) is 2.95. The fraction of sp³-hybridized carbons (Fsp3) is 0.500. The van der Waals surface area contributed by atoms with Crippen molar-refractivity contribution in [2.45, 2.75) is 31.6 Å². The molecule has 1 rings (SSSR count). The van der Waals surface area contributed by atoms with Crippen LogP contribution >= 0.6 is 0 Å². The molecule has 1 amide bonds. The van der Waals surface area contributed by atoms with E-state index in [1.165, 1.54) is 6.92 Å². The second-order valence-electron chi connectivity index (χ2n) is 4.57. The van der Waals surface area contributed by atoms with Crippen LogP contribution in [0.15, 0.2) is 35.2 Å². The maximum absolute atomic E-state index is 12.0. The summed E-state index contributed by atoms with van der Waals surface area (Å²) in [7, 11) is -3.49. The van der Waals surface area contributed by atoms with Crippen LogP contribution < -0.4 is 4.72 Å². The van der Waals surface area contributed by atoms with Crippen LogP contribution in [0.5, 0.6) is 0 Å². The zero-order valence-corrected chi connectivity index (χ0v) is 12.8. The first-order valence-corrected chi connectivity index (χ1v) is 8.26. The Bertz CT molecular complexity index is 514. The van der Waals surface area contributed by atoms with Crippen LogP contribution in [0.4, 0.5) is 0 Å². The summed E-state index contributed by atoms with van der Waals surface area (Å²) in [6.07, 6.45) is 1.92. The minimum atomic E-state index is -3.49. The minimum absolute atomic E-state index is 0.0302. The second-order valence-corrected chi connectivity index (χ2v) is 6.34. The summed E-state index contributed by atoms with van der Waals surface area (Å²) in [6, 6.07) is 8.21. The number of carbonyl (C=O) groups is 1. The van der Waals surface area contributed by atoms with Crippen LogP contribution in [-0.4, -0.2) is 38.9 Å². The first kappa shape index (κ1) is 16.7. The van der Waals surface area contributed by atoms with E-state index < -0.39 is 10.0 Å². The summed E-state index contributed by atoms with van der Waals surface area (Å²) in [5.41, 5.74) is 0. The molecule has 0 aliphatic rings. The maximum atomic E-state index is 12.0. The summed E-state index contributed by atoms with van der Waals surface area (Å²) in [5, 5.41) is 0. The lowest BCUT2D eigenvalue weighted by Gasteiger charge is -2.20. The molecule has 112 valence electrons. The van der Waals surface area contributed by atoms with E-state index in [0.29, 0.717) is 13.1 Å². The molecular weight excluding hydrogens is 276 g/mol. The number of sulfonamides is 1. The number of nitrogens with one attached hydrogen (secondary N) is 1. The smallest absolute Gasteiger partial charge is 0.240 e. The zero-order chi connectivity index (χ0) is 15.0. The van der Waals surface area contributed by atoms with Crippen molar-refractivity contribution in [1.82, 2.24) is 9.62 Å². The highest BCUT2D eigenvalue weighted by molar-refractivity contribution is 7.89. The average molecular weight is 298 g/mol. The number of nitrogens with zero attached hydrogens (tertiary/aromatic N) is 1. The fourth-order valence-electron chi connectivity index (χ4n) is 1.77. The molecule has 0 saturated carbocycles. The Morgan fingerprint density at radius 1 is 1.20 bits per heavy atom. The summed E-state index contributed by atoms with van der Waals surface area (Å²) >= 11 is 0. The lowest BCUT2D eigenvalue weighted by atomic mass is 10.3. The molecule has 0 aliphatic carbocycles. The number of unbranched alkanes of at least 4 members (excludes halogenated alkanes) is 1. The third kappa shape index (κ3) is 5.30. The third-order valence-corrected chi connectivity index (χ3v) is 4.43. The van der Waals surface area contributed by atoms with Crippen LogP contribution in [0.3, 0.4) is 0 Å². The van der Waals surface area contributed by atoms with E-state index in [4.69, 9.17) is 0 Å². The Morgan fingerprint density at radius 3 is 2.40 bits per heavy atom. The van der Waals surface area contributed by atoms with Crippen molar-refractivity contribution in [1.29, 1.82) is 0 Å². The molecule has 5 nitrogen and oxygen atoms in total. The van der Waals surface area contributed by atoms with Crippen LogP contribution in [0.25, 0.3) is 0 Å². The zero-order valence-electron chi connectivity index (χ0n) is 12.0. The number of carbonyl (C=O) groups excluding carboxylic acids is 1.